The van der Waals surface area contributed by atoms with Gasteiger partial charge in [0.25, 0.3) is 0 Å². The maximum atomic E-state index is 11.2. The first-order valence-electron chi connectivity index (χ1n) is 7.37. The first kappa shape index (κ1) is 17.9. The molecular formula is C15H22ClN3O3Si. The molecule has 23 heavy (non-hydrogen) atoms. The Morgan fingerprint density at radius 3 is 2.61 bits per heavy atom. The van der Waals surface area contributed by atoms with Gasteiger partial charge in [0.05, 0.1) is 12.0 Å². The van der Waals surface area contributed by atoms with Crippen molar-refractivity contribution < 1.29 is 14.3 Å². The van der Waals surface area contributed by atoms with E-state index >= 15 is 0 Å². The second-order valence-corrected chi connectivity index (χ2v) is 12.2. The number of rotatable bonds is 5. The Morgan fingerprint density at radius 2 is 2.04 bits per heavy atom. The highest BCUT2D eigenvalue weighted by Gasteiger charge is 2.37. The fraction of sp³-hybridized carbons (Fsp3) is 0.533. The normalized spacial score (nSPS) is 12.8. The van der Waals surface area contributed by atoms with Gasteiger partial charge >= 0.3 is 5.97 Å². The third-order valence-electron chi connectivity index (χ3n) is 4.41. The summed E-state index contributed by atoms with van der Waals surface area (Å²) in [5.41, 5.74) is 1.26. The molecular weight excluding hydrogens is 334 g/mol. The summed E-state index contributed by atoms with van der Waals surface area (Å²) in [5, 5.41) is 10.2. The third-order valence-corrected chi connectivity index (χ3v) is 9.19. The molecule has 0 bridgehead atoms. The number of carboxylic acids is 1. The van der Waals surface area contributed by atoms with Crippen LogP contribution in [-0.4, -0.2) is 33.9 Å². The maximum Gasteiger partial charge on any atom is 0.323 e. The van der Waals surface area contributed by atoms with Gasteiger partial charge < -0.3 is 14.1 Å². The van der Waals surface area contributed by atoms with Crippen LogP contribution in [0.3, 0.4) is 0 Å². The fourth-order valence-corrected chi connectivity index (χ4v) is 3.11. The largest absolute Gasteiger partial charge is 0.480 e. The standard InChI is InChI=1S/C15H22ClN3O3Si/c1-15(2,3)23(4,5)22-8-10-6-11-13(16)17-9-18-14(11)19(10)7-12(20)21/h6,9H,7-8H2,1-5H3,(H,20,21). The number of halogens is 1. The van der Waals surface area contributed by atoms with E-state index in [1.165, 1.54) is 6.33 Å². The topological polar surface area (TPSA) is 77.2 Å². The minimum atomic E-state index is -1.94. The van der Waals surface area contributed by atoms with Gasteiger partial charge in [0, 0.05) is 5.69 Å². The third kappa shape index (κ3) is 3.73. The molecule has 0 aliphatic carbocycles. The van der Waals surface area contributed by atoms with Crippen molar-refractivity contribution in [3.05, 3.63) is 23.2 Å². The summed E-state index contributed by atoms with van der Waals surface area (Å²) in [7, 11) is -1.94. The number of aromatic nitrogens is 3. The molecule has 0 aliphatic heterocycles. The minimum Gasteiger partial charge on any atom is -0.480 e. The molecule has 2 aromatic rings. The van der Waals surface area contributed by atoms with Gasteiger partial charge in [0.2, 0.25) is 0 Å². The highest BCUT2D eigenvalue weighted by atomic mass is 35.5. The second-order valence-electron chi connectivity index (χ2n) is 7.07. The van der Waals surface area contributed by atoms with E-state index in [-0.39, 0.29) is 11.6 Å². The lowest BCUT2D eigenvalue weighted by molar-refractivity contribution is -0.137. The minimum absolute atomic E-state index is 0.0775. The quantitative estimate of drug-likeness (QED) is 0.653. The molecule has 0 amide bonds. The Hall–Kier alpha value is -1.44. The highest BCUT2D eigenvalue weighted by molar-refractivity contribution is 6.74. The molecule has 0 aliphatic rings. The Bertz CT molecular complexity index is 737. The summed E-state index contributed by atoms with van der Waals surface area (Å²) in [6.45, 7) is 10.9. The molecule has 0 saturated carbocycles. The Labute approximate surface area is 141 Å². The van der Waals surface area contributed by atoms with E-state index in [9.17, 15) is 4.79 Å². The summed E-state index contributed by atoms with van der Waals surface area (Å²) < 4.78 is 7.83. The number of carbonyl (C=O) groups is 1. The van der Waals surface area contributed by atoms with Crippen LogP contribution in [0.5, 0.6) is 0 Å². The zero-order valence-corrected chi connectivity index (χ0v) is 15.8. The van der Waals surface area contributed by atoms with Crippen LogP contribution in [0, 0.1) is 0 Å². The predicted octanol–water partition coefficient (Wildman–Crippen LogP) is 3.69. The van der Waals surface area contributed by atoms with Crippen molar-refractivity contribution in [1.82, 2.24) is 14.5 Å². The molecule has 2 heterocycles. The van der Waals surface area contributed by atoms with Crippen LogP contribution in [0.4, 0.5) is 0 Å². The lowest BCUT2D eigenvalue weighted by Crippen LogP contribution is -2.40. The average molecular weight is 356 g/mol. The van der Waals surface area contributed by atoms with Crippen LogP contribution < -0.4 is 0 Å². The predicted molar refractivity (Wildman–Crippen MR) is 92.2 cm³/mol. The van der Waals surface area contributed by atoms with Gasteiger partial charge in [-0.25, -0.2) is 9.97 Å². The second kappa shape index (κ2) is 6.22. The van der Waals surface area contributed by atoms with Crippen molar-refractivity contribution in [3.63, 3.8) is 0 Å². The van der Waals surface area contributed by atoms with E-state index in [0.717, 1.165) is 5.69 Å². The number of fused-ring (bicyclic) bond motifs is 1. The summed E-state index contributed by atoms with van der Waals surface area (Å²) >= 11 is 6.10. The lowest BCUT2D eigenvalue weighted by Gasteiger charge is -2.36. The maximum absolute atomic E-state index is 11.2. The monoisotopic (exact) mass is 355 g/mol. The van der Waals surface area contributed by atoms with Crippen LogP contribution in [0.15, 0.2) is 12.4 Å². The van der Waals surface area contributed by atoms with Crippen molar-refractivity contribution in [2.75, 3.05) is 0 Å². The highest BCUT2D eigenvalue weighted by Crippen LogP contribution is 2.37. The molecule has 1 N–H and O–H groups in total. The molecule has 0 saturated heterocycles. The van der Waals surface area contributed by atoms with Gasteiger partial charge in [-0.15, -0.1) is 0 Å². The molecule has 2 rings (SSSR count). The van der Waals surface area contributed by atoms with Gasteiger partial charge in [-0.3, -0.25) is 4.79 Å². The molecule has 0 radical (unpaired) electrons. The fourth-order valence-electron chi connectivity index (χ4n) is 1.99. The van der Waals surface area contributed by atoms with Gasteiger partial charge in [0.1, 0.15) is 23.7 Å². The molecule has 0 atom stereocenters. The van der Waals surface area contributed by atoms with Gasteiger partial charge in [-0.1, -0.05) is 32.4 Å². The number of carboxylic acid groups (broad SMARTS) is 1. The molecule has 0 aromatic carbocycles. The van der Waals surface area contributed by atoms with Gasteiger partial charge in [-0.05, 0) is 24.2 Å². The smallest absolute Gasteiger partial charge is 0.323 e. The van der Waals surface area contributed by atoms with Crippen molar-refractivity contribution >= 4 is 36.9 Å². The lowest BCUT2D eigenvalue weighted by atomic mass is 10.2. The molecule has 126 valence electrons. The van der Waals surface area contributed by atoms with E-state index in [2.05, 4.69) is 43.8 Å². The number of hydrogen-bond acceptors (Lipinski definition) is 4. The van der Waals surface area contributed by atoms with Crippen LogP contribution in [0.2, 0.25) is 23.3 Å². The molecule has 6 nitrogen and oxygen atoms in total. The van der Waals surface area contributed by atoms with Gasteiger partial charge in [0.15, 0.2) is 8.32 Å². The van der Waals surface area contributed by atoms with Crippen LogP contribution >= 0.6 is 11.6 Å². The van der Waals surface area contributed by atoms with Crippen LogP contribution in [-0.2, 0) is 22.4 Å². The zero-order chi connectivity index (χ0) is 17.4. The first-order valence-corrected chi connectivity index (χ1v) is 10.7. The zero-order valence-electron chi connectivity index (χ0n) is 14.1. The number of hydrogen-bond donors (Lipinski definition) is 1. The molecule has 8 heteroatoms. The van der Waals surface area contributed by atoms with E-state index in [4.69, 9.17) is 21.1 Å². The first-order chi connectivity index (χ1) is 10.5. The van der Waals surface area contributed by atoms with Crippen molar-refractivity contribution in [2.45, 2.75) is 52.1 Å². The summed E-state index contributed by atoms with van der Waals surface area (Å²) in [6, 6.07) is 1.81. The van der Waals surface area contributed by atoms with E-state index in [1.807, 2.05) is 6.07 Å². The summed E-state index contributed by atoms with van der Waals surface area (Å²) in [6.07, 6.45) is 1.33. The van der Waals surface area contributed by atoms with E-state index in [1.54, 1.807) is 4.57 Å². The van der Waals surface area contributed by atoms with Crippen molar-refractivity contribution in [3.8, 4) is 0 Å². The molecule has 0 spiro atoms. The number of aliphatic carboxylic acids is 1. The van der Waals surface area contributed by atoms with Crippen molar-refractivity contribution in [2.24, 2.45) is 0 Å². The van der Waals surface area contributed by atoms with Crippen LogP contribution in [0.25, 0.3) is 11.0 Å². The molecule has 2 aromatic heterocycles. The molecule has 0 fully saturated rings. The molecule has 0 unspecified atom stereocenters. The number of nitrogens with zero attached hydrogens (tertiary/aromatic N) is 3. The van der Waals surface area contributed by atoms with E-state index in [0.29, 0.717) is 22.8 Å². The SMILES string of the molecule is CC(C)(C)[Si](C)(C)OCc1cc2c(Cl)ncnc2n1CC(=O)O. The van der Waals surface area contributed by atoms with Crippen molar-refractivity contribution in [1.29, 1.82) is 0 Å². The summed E-state index contributed by atoms with van der Waals surface area (Å²) in [4.78, 5) is 19.3. The van der Waals surface area contributed by atoms with Gasteiger partial charge in [-0.2, -0.15) is 0 Å². The van der Waals surface area contributed by atoms with E-state index < -0.39 is 14.3 Å². The Kier molecular flexibility index (Phi) is 4.84. The van der Waals surface area contributed by atoms with Crippen LogP contribution in [0.1, 0.15) is 26.5 Å². The Balaban J connectivity index is 2.40. The summed E-state index contributed by atoms with van der Waals surface area (Å²) in [5.74, 6) is -0.939. The average Bonchev–Trinajstić information content (AvgIpc) is 2.74. The Morgan fingerprint density at radius 1 is 1.39 bits per heavy atom.